The van der Waals surface area contributed by atoms with Crippen molar-refractivity contribution in [3.05, 3.63) is 76.8 Å². The maximum Gasteiger partial charge on any atom is 0.420 e. The minimum absolute atomic E-state index is 0.0536. The second kappa shape index (κ2) is 15.3. The summed E-state index contributed by atoms with van der Waals surface area (Å²) in [5.41, 5.74) is 6.16. The SMILES string of the molecule is COC(=O)NS(=O)(=O)c1ccc(N)cc1.COC(=O)NS(=O)(=O)c1ccc(NC(=O)[C@@H](C)Oc2cccc(Cl)c2Cl)cc1. The van der Waals surface area contributed by atoms with Gasteiger partial charge in [0.25, 0.3) is 26.0 Å². The number of rotatable bonds is 8. The first-order chi connectivity index (χ1) is 20.1. The number of ether oxygens (including phenoxy) is 3. The van der Waals surface area contributed by atoms with Gasteiger partial charge in [0.15, 0.2) is 6.10 Å². The Labute approximate surface area is 257 Å². The molecular weight excluding hydrogens is 651 g/mol. The molecule has 0 unspecified atom stereocenters. The molecule has 0 heterocycles. The summed E-state index contributed by atoms with van der Waals surface area (Å²) in [7, 11) is -5.82. The van der Waals surface area contributed by atoms with E-state index in [2.05, 4.69) is 14.8 Å². The van der Waals surface area contributed by atoms with E-state index in [1.807, 2.05) is 0 Å². The molecule has 5 N–H and O–H groups in total. The average molecular weight is 678 g/mol. The third-order valence-electron chi connectivity index (χ3n) is 5.02. The number of carbonyl (C=O) groups is 3. The molecule has 0 aromatic heterocycles. The highest BCUT2D eigenvalue weighted by molar-refractivity contribution is 7.90. The van der Waals surface area contributed by atoms with E-state index in [0.29, 0.717) is 16.4 Å². The Hall–Kier alpha value is -4.25. The van der Waals surface area contributed by atoms with Gasteiger partial charge in [-0.05, 0) is 67.6 Å². The Bertz CT molecular complexity index is 1670. The lowest BCUT2D eigenvalue weighted by Gasteiger charge is -2.16. The van der Waals surface area contributed by atoms with E-state index in [1.165, 1.54) is 55.5 Å². The average Bonchev–Trinajstić information content (AvgIpc) is 2.95. The second-order valence-corrected chi connectivity index (χ2v) is 12.2. The Morgan fingerprint density at radius 1 is 0.767 bits per heavy atom. The molecule has 0 spiro atoms. The van der Waals surface area contributed by atoms with Gasteiger partial charge in [0, 0.05) is 11.4 Å². The van der Waals surface area contributed by atoms with E-state index < -0.39 is 44.2 Å². The van der Waals surface area contributed by atoms with Crippen LogP contribution in [0.1, 0.15) is 6.92 Å². The van der Waals surface area contributed by atoms with Gasteiger partial charge in [0.05, 0.1) is 29.0 Å². The molecule has 14 nitrogen and oxygen atoms in total. The molecule has 1 atom stereocenters. The van der Waals surface area contributed by atoms with Crippen LogP contribution in [-0.2, 0) is 34.3 Å². The van der Waals surface area contributed by atoms with Crippen molar-refractivity contribution in [3.63, 3.8) is 0 Å². The summed E-state index contributed by atoms with van der Waals surface area (Å²) in [5, 5.41) is 3.07. The van der Waals surface area contributed by atoms with Crippen molar-refractivity contribution in [1.82, 2.24) is 9.44 Å². The molecule has 3 aromatic carbocycles. The maximum atomic E-state index is 12.3. The summed E-state index contributed by atoms with van der Waals surface area (Å²) in [5.74, 6) is -0.230. The van der Waals surface area contributed by atoms with E-state index in [-0.39, 0.29) is 20.6 Å². The van der Waals surface area contributed by atoms with E-state index in [9.17, 15) is 31.2 Å². The van der Waals surface area contributed by atoms with Gasteiger partial charge in [0.1, 0.15) is 10.8 Å². The van der Waals surface area contributed by atoms with Gasteiger partial charge < -0.3 is 25.3 Å². The van der Waals surface area contributed by atoms with Crippen LogP contribution in [0.4, 0.5) is 21.0 Å². The third kappa shape index (κ3) is 10.5. The number of benzene rings is 3. The van der Waals surface area contributed by atoms with Crippen LogP contribution in [0.15, 0.2) is 76.5 Å². The number of nitrogens with two attached hydrogens (primary N) is 1. The lowest BCUT2D eigenvalue weighted by molar-refractivity contribution is -0.122. The molecule has 0 aliphatic carbocycles. The predicted molar refractivity (Wildman–Crippen MR) is 158 cm³/mol. The molecule has 3 aromatic rings. The van der Waals surface area contributed by atoms with Crippen molar-refractivity contribution in [3.8, 4) is 5.75 Å². The Kier molecular flexibility index (Phi) is 12.4. The number of nitrogen functional groups attached to an aromatic ring is 1. The molecular formula is C25H26Cl2N4O10S2. The van der Waals surface area contributed by atoms with Crippen molar-refractivity contribution in [2.24, 2.45) is 0 Å². The van der Waals surface area contributed by atoms with Gasteiger partial charge in [-0.3, -0.25) is 4.79 Å². The number of sulfonamides is 2. The molecule has 3 rings (SSSR count). The van der Waals surface area contributed by atoms with Crippen molar-refractivity contribution < 1.29 is 45.4 Å². The molecule has 0 aliphatic heterocycles. The van der Waals surface area contributed by atoms with Crippen molar-refractivity contribution >= 4 is 72.7 Å². The monoisotopic (exact) mass is 676 g/mol. The molecule has 0 fully saturated rings. The van der Waals surface area contributed by atoms with Gasteiger partial charge in [-0.15, -0.1) is 0 Å². The maximum absolute atomic E-state index is 12.3. The van der Waals surface area contributed by atoms with Gasteiger partial charge >= 0.3 is 12.2 Å². The van der Waals surface area contributed by atoms with Crippen molar-refractivity contribution in [2.75, 3.05) is 25.3 Å². The van der Waals surface area contributed by atoms with Crippen LogP contribution in [0, 0.1) is 0 Å². The standard InChI is InChI=1S/C17H16Cl2N2O6S.C8H10N2O4S/c1-10(27-14-5-3-4-13(18)15(14)19)16(22)20-11-6-8-12(9-7-11)28(24,25)21-17(23)26-2;1-14-8(11)10-15(12,13)7-4-2-6(9)3-5-7/h3-10H,1-2H3,(H,20,22)(H,21,23);2-5H,9H2,1H3,(H,10,11)/t10-;/m1./s1. The van der Waals surface area contributed by atoms with Crippen LogP contribution < -0.4 is 25.2 Å². The summed E-state index contributed by atoms with van der Waals surface area (Å²) in [6, 6.07) is 15.4. The molecule has 232 valence electrons. The van der Waals surface area contributed by atoms with Crippen molar-refractivity contribution in [1.29, 1.82) is 0 Å². The van der Waals surface area contributed by atoms with Gasteiger partial charge in [-0.25, -0.2) is 35.9 Å². The predicted octanol–water partition coefficient (Wildman–Crippen LogP) is 3.76. The van der Waals surface area contributed by atoms with E-state index in [1.54, 1.807) is 27.6 Å². The Balaban J connectivity index is 0.000000362. The van der Waals surface area contributed by atoms with Crippen LogP contribution >= 0.6 is 23.2 Å². The van der Waals surface area contributed by atoms with E-state index in [0.717, 1.165) is 14.2 Å². The largest absolute Gasteiger partial charge is 0.479 e. The third-order valence-corrected chi connectivity index (χ3v) is 8.48. The number of amides is 3. The lowest BCUT2D eigenvalue weighted by atomic mass is 10.3. The summed E-state index contributed by atoms with van der Waals surface area (Å²) in [6.45, 7) is 1.52. The van der Waals surface area contributed by atoms with Crippen LogP contribution in [0.25, 0.3) is 0 Å². The number of carbonyl (C=O) groups excluding carboxylic acids is 3. The summed E-state index contributed by atoms with van der Waals surface area (Å²) < 4.78 is 64.2. The highest BCUT2D eigenvalue weighted by Gasteiger charge is 2.20. The zero-order valence-electron chi connectivity index (χ0n) is 22.7. The van der Waals surface area contributed by atoms with E-state index in [4.69, 9.17) is 33.7 Å². The van der Waals surface area contributed by atoms with Crippen LogP contribution in [0.5, 0.6) is 5.75 Å². The smallest absolute Gasteiger partial charge is 0.420 e. The van der Waals surface area contributed by atoms with Crippen LogP contribution in [-0.4, -0.2) is 55.3 Å². The highest BCUT2D eigenvalue weighted by atomic mass is 35.5. The van der Waals surface area contributed by atoms with Crippen LogP contribution in [0.3, 0.4) is 0 Å². The molecule has 0 radical (unpaired) electrons. The number of methoxy groups -OCH3 is 2. The molecule has 0 saturated heterocycles. The first-order valence-corrected chi connectivity index (χ1v) is 15.4. The van der Waals surface area contributed by atoms with E-state index >= 15 is 0 Å². The Morgan fingerprint density at radius 3 is 1.70 bits per heavy atom. The molecule has 0 saturated carbocycles. The molecule has 0 bridgehead atoms. The second-order valence-electron chi connectivity index (χ2n) is 8.09. The minimum Gasteiger partial charge on any atom is -0.479 e. The van der Waals surface area contributed by atoms with Crippen LogP contribution in [0.2, 0.25) is 10.0 Å². The number of hydrogen-bond donors (Lipinski definition) is 4. The fourth-order valence-electron chi connectivity index (χ4n) is 2.85. The molecule has 43 heavy (non-hydrogen) atoms. The fraction of sp³-hybridized carbons (Fsp3) is 0.160. The minimum atomic E-state index is -4.07. The molecule has 3 amide bonds. The number of nitrogens with one attached hydrogen (secondary N) is 3. The normalized spacial score (nSPS) is 11.6. The highest BCUT2D eigenvalue weighted by Crippen LogP contribution is 2.32. The molecule has 18 heteroatoms. The first-order valence-electron chi connectivity index (χ1n) is 11.7. The summed E-state index contributed by atoms with van der Waals surface area (Å²) in [6.07, 6.45) is -3.05. The first kappa shape index (κ1) is 34.9. The quantitative estimate of drug-likeness (QED) is 0.252. The number of halogens is 2. The zero-order valence-corrected chi connectivity index (χ0v) is 25.8. The lowest BCUT2D eigenvalue weighted by Crippen LogP contribution is -2.31. The summed E-state index contributed by atoms with van der Waals surface area (Å²) >= 11 is 11.9. The number of hydrogen-bond acceptors (Lipinski definition) is 11. The van der Waals surface area contributed by atoms with Crippen molar-refractivity contribution in [2.45, 2.75) is 22.8 Å². The zero-order chi connectivity index (χ0) is 32.4. The fourth-order valence-corrected chi connectivity index (χ4v) is 5.01. The van der Waals surface area contributed by atoms with Gasteiger partial charge in [0.2, 0.25) is 0 Å². The summed E-state index contributed by atoms with van der Waals surface area (Å²) in [4.78, 5) is 33.9. The van der Waals surface area contributed by atoms with Gasteiger partial charge in [-0.1, -0.05) is 29.3 Å². The molecule has 0 aliphatic rings. The van der Waals surface area contributed by atoms with Gasteiger partial charge in [-0.2, -0.15) is 0 Å². The number of anilines is 2. The topological polar surface area (TPSA) is 209 Å². The Morgan fingerprint density at radius 2 is 1.23 bits per heavy atom.